The number of hydrogen-bond donors (Lipinski definition) is 2. The van der Waals surface area contributed by atoms with Gasteiger partial charge in [0.05, 0.1) is 18.1 Å². The third-order valence-electron chi connectivity index (χ3n) is 4.32. The molecule has 3 N–H and O–H groups in total. The molecule has 2 aromatic carbocycles. The number of nitrogen functional groups attached to an aromatic ring is 1. The molecule has 4 rings (SSSR count). The molecule has 0 spiro atoms. The Morgan fingerprint density at radius 3 is 2.68 bits per heavy atom. The largest absolute Gasteiger partial charge is 0.494 e. The summed E-state index contributed by atoms with van der Waals surface area (Å²) in [6.07, 6.45) is 0.727. The van der Waals surface area contributed by atoms with E-state index in [-0.39, 0.29) is 11.7 Å². The van der Waals surface area contributed by atoms with Crippen LogP contribution in [0.1, 0.15) is 12.7 Å². The molecule has 2 heterocycles. The number of anilines is 3. The van der Waals surface area contributed by atoms with Gasteiger partial charge in [-0.05, 0) is 24.3 Å². The Morgan fingerprint density at radius 2 is 1.93 bits per heavy atom. The predicted octanol–water partition coefficient (Wildman–Crippen LogP) is 3.85. The molecule has 8 heteroatoms. The number of nitrogens with two attached hydrogens (primary N) is 1. The summed E-state index contributed by atoms with van der Waals surface area (Å²) in [5, 5.41) is 2.99. The molecule has 0 bridgehead atoms. The van der Waals surface area contributed by atoms with Crippen LogP contribution in [0.4, 0.5) is 21.8 Å². The van der Waals surface area contributed by atoms with E-state index in [2.05, 4.69) is 20.3 Å². The summed E-state index contributed by atoms with van der Waals surface area (Å²) < 4.78 is 20.9. The van der Waals surface area contributed by atoms with Crippen molar-refractivity contribution in [1.29, 1.82) is 0 Å². The van der Waals surface area contributed by atoms with Crippen molar-refractivity contribution in [2.45, 2.75) is 13.3 Å². The van der Waals surface area contributed by atoms with Crippen LogP contribution in [0.3, 0.4) is 0 Å². The number of methoxy groups -OCH3 is 1. The molecule has 0 unspecified atom stereocenters. The number of aromatic nitrogens is 4. The molecule has 0 radical (unpaired) electrons. The highest BCUT2D eigenvalue weighted by Crippen LogP contribution is 2.25. The molecular formula is C20H19FN6O. The SMILES string of the molecule is CCc1nc2ccccc2n1-c1cc(N)nc(Nc2ccc(OC)c(F)c2)n1. The van der Waals surface area contributed by atoms with E-state index in [9.17, 15) is 4.39 Å². The summed E-state index contributed by atoms with van der Waals surface area (Å²) in [4.78, 5) is 13.4. The first kappa shape index (κ1) is 17.7. The molecule has 0 atom stereocenters. The fourth-order valence-corrected chi connectivity index (χ4v) is 3.06. The zero-order valence-electron chi connectivity index (χ0n) is 15.5. The number of nitrogens with zero attached hydrogens (tertiary/aromatic N) is 4. The van der Waals surface area contributed by atoms with E-state index in [0.29, 0.717) is 17.3 Å². The Balaban J connectivity index is 1.77. The minimum atomic E-state index is -0.481. The molecule has 0 fully saturated rings. The van der Waals surface area contributed by atoms with E-state index in [1.807, 2.05) is 35.8 Å². The maximum atomic E-state index is 14.0. The van der Waals surface area contributed by atoms with Gasteiger partial charge in [-0.3, -0.25) is 4.57 Å². The number of aryl methyl sites for hydroxylation is 1. The maximum Gasteiger partial charge on any atom is 0.231 e. The van der Waals surface area contributed by atoms with Crippen molar-refractivity contribution < 1.29 is 9.13 Å². The molecule has 28 heavy (non-hydrogen) atoms. The first-order valence-corrected chi connectivity index (χ1v) is 8.81. The highest BCUT2D eigenvalue weighted by molar-refractivity contribution is 5.78. The lowest BCUT2D eigenvalue weighted by atomic mass is 10.3. The van der Waals surface area contributed by atoms with Gasteiger partial charge in [0.25, 0.3) is 0 Å². The molecule has 0 aliphatic carbocycles. The van der Waals surface area contributed by atoms with Crippen LogP contribution in [0, 0.1) is 5.82 Å². The Kier molecular flexibility index (Phi) is 4.52. The van der Waals surface area contributed by atoms with Gasteiger partial charge in [-0.2, -0.15) is 9.97 Å². The number of ether oxygens (including phenoxy) is 1. The summed E-state index contributed by atoms with van der Waals surface area (Å²) in [6.45, 7) is 2.03. The number of halogens is 1. The molecule has 0 aliphatic heterocycles. The van der Waals surface area contributed by atoms with Crippen LogP contribution in [0.5, 0.6) is 5.75 Å². The molecule has 0 saturated carbocycles. The summed E-state index contributed by atoms with van der Waals surface area (Å²) >= 11 is 0. The Bertz CT molecular complexity index is 1160. The topological polar surface area (TPSA) is 90.9 Å². The predicted molar refractivity (Wildman–Crippen MR) is 107 cm³/mol. The first-order chi connectivity index (χ1) is 13.6. The quantitative estimate of drug-likeness (QED) is 0.548. The lowest BCUT2D eigenvalue weighted by Gasteiger charge is -2.11. The first-order valence-electron chi connectivity index (χ1n) is 8.81. The van der Waals surface area contributed by atoms with Gasteiger partial charge in [0.15, 0.2) is 11.6 Å². The zero-order chi connectivity index (χ0) is 19.7. The van der Waals surface area contributed by atoms with Crippen molar-refractivity contribution in [3.05, 3.63) is 60.2 Å². The van der Waals surface area contributed by atoms with Crippen molar-refractivity contribution in [3.8, 4) is 11.6 Å². The van der Waals surface area contributed by atoms with Crippen LogP contribution in [0.25, 0.3) is 16.9 Å². The highest BCUT2D eigenvalue weighted by Gasteiger charge is 2.14. The Hall–Kier alpha value is -3.68. The number of hydrogen-bond acceptors (Lipinski definition) is 6. The zero-order valence-corrected chi connectivity index (χ0v) is 15.5. The number of para-hydroxylation sites is 2. The average molecular weight is 378 g/mol. The molecule has 2 aromatic heterocycles. The van der Waals surface area contributed by atoms with Crippen LogP contribution >= 0.6 is 0 Å². The average Bonchev–Trinajstić information content (AvgIpc) is 3.06. The Morgan fingerprint density at radius 1 is 1.11 bits per heavy atom. The standard InChI is InChI=1S/C20H19FN6O/c1-3-18-24-14-6-4-5-7-15(14)27(18)19-11-17(22)25-20(26-19)23-12-8-9-16(28-2)13(21)10-12/h4-11H,3H2,1-2H3,(H3,22,23,25,26). The van der Waals surface area contributed by atoms with Gasteiger partial charge >= 0.3 is 0 Å². The second-order valence-electron chi connectivity index (χ2n) is 6.15. The second kappa shape index (κ2) is 7.15. The number of fused-ring (bicyclic) bond motifs is 1. The lowest BCUT2D eigenvalue weighted by Crippen LogP contribution is -2.08. The van der Waals surface area contributed by atoms with E-state index in [0.717, 1.165) is 23.3 Å². The molecule has 142 valence electrons. The van der Waals surface area contributed by atoms with Crippen molar-refractivity contribution in [1.82, 2.24) is 19.5 Å². The van der Waals surface area contributed by atoms with Crippen LogP contribution in [-0.2, 0) is 6.42 Å². The summed E-state index contributed by atoms with van der Waals surface area (Å²) in [6, 6.07) is 14.0. The number of nitrogens with one attached hydrogen (secondary N) is 1. The van der Waals surface area contributed by atoms with E-state index >= 15 is 0 Å². The van der Waals surface area contributed by atoms with Crippen LogP contribution in [0.15, 0.2) is 48.5 Å². The minimum Gasteiger partial charge on any atom is -0.494 e. The molecule has 0 saturated heterocycles. The van der Waals surface area contributed by atoms with Gasteiger partial charge < -0.3 is 15.8 Å². The van der Waals surface area contributed by atoms with Gasteiger partial charge in [-0.1, -0.05) is 19.1 Å². The molecule has 7 nitrogen and oxygen atoms in total. The lowest BCUT2D eigenvalue weighted by molar-refractivity contribution is 0.386. The third kappa shape index (κ3) is 3.20. The third-order valence-corrected chi connectivity index (χ3v) is 4.32. The van der Waals surface area contributed by atoms with E-state index in [1.54, 1.807) is 12.1 Å². The molecule has 0 amide bonds. The van der Waals surface area contributed by atoms with Gasteiger partial charge in [0.2, 0.25) is 5.95 Å². The van der Waals surface area contributed by atoms with Gasteiger partial charge in [0, 0.05) is 24.2 Å². The number of benzene rings is 2. The number of rotatable bonds is 5. The molecule has 0 aliphatic rings. The fraction of sp³-hybridized carbons (Fsp3) is 0.150. The van der Waals surface area contributed by atoms with Crippen LogP contribution < -0.4 is 15.8 Å². The van der Waals surface area contributed by atoms with Gasteiger partial charge in [-0.25, -0.2) is 9.37 Å². The van der Waals surface area contributed by atoms with E-state index in [4.69, 9.17) is 10.5 Å². The van der Waals surface area contributed by atoms with Crippen LogP contribution in [0.2, 0.25) is 0 Å². The van der Waals surface area contributed by atoms with Crippen molar-refractivity contribution in [2.24, 2.45) is 0 Å². The molecule has 4 aromatic rings. The molecular weight excluding hydrogens is 359 g/mol. The van der Waals surface area contributed by atoms with Crippen molar-refractivity contribution in [3.63, 3.8) is 0 Å². The van der Waals surface area contributed by atoms with Crippen molar-refractivity contribution >= 4 is 28.5 Å². The maximum absolute atomic E-state index is 14.0. The monoisotopic (exact) mass is 378 g/mol. The summed E-state index contributed by atoms with van der Waals surface area (Å²) in [7, 11) is 1.42. The van der Waals surface area contributed by atoms with Gasteiger partial charge in [0.1, 0.15) is 17.5 Å². The van der Waals surface area contributed by atoms with Crippen LogP contribution in [-0.4, -0.2) is 26.6 Å². The highest BCUT2D eigenvalue weighted by atomic mass is 19.1. The fourth-order valence-electron chi connectivity index (χ4n) is 3.06. The van der Waals surface area contributed by atoms with E-state index < -0.39 is 5.82 Å². The van der Waals surface area contributed by atoms with Crippen molar-refractivity contribution in [2.75, 3.05) is 18.2 Å². The smallest absolute Gasteiger partial charge is 0.231 e. The summed E-state index contributed by atoms with van der Waals surface area (Å²) in [5.41, 5.74) is 8.31. The second-order valence-corrected chi connectivity index (χ2v) is 6.15. The van der Waals surface area contributed by atoms with Gasteiger partial charge in [-0.15, -0.1) is 0 Å². The number of imidazole rings is 1. The summed E-state index contributed by atoms with van der Waals surface area (Å²) in [5.74, 6) is 1.69. The van der Waals surface area contributed by atoms with E-state index in [1.165, 1.54) is 19.2 Å². The normalized spacial score (nSPS) is 11.0. The Labute approximate surface area is 161 Å². The minimum absolute atomic E-state index is 0.164.